The van der Waals surface area contributed by atoms with Crippen molar-refractivity contribution in [2.45, 2.75) is 33.2 Å². The van der Waals surface area contributed by atoms with E-state index in [1.54, 1.807) is 6.92 Å². The van der Waals surface area contributed by atoms with E-state index < -0.39 is 10.0 Å². The molecule has 1 unspecified atom stereocenters. The summed E-state index contributed by atoms with van der Waals surface area (Å²) in [6.45, 7) is 5.53. The van der Waals surface area contributed by atoms with Gasteiger partial charge >= 0.3 is 0 Å². The number of sulfonamides is 1. The molecule has 0 bridgehead atoms. The number of hydrogen-bond donors (Lipinski definition) is 1. The minimum Gasteiger partial charge on any atom is -0.395 e. The van der Waals surface area contributed by atoms with E-state index >= 15 is 0 Å². The second kappa shape index (κ2) is 5.68. The summed E-state index contributed by atoms with van der Waals surface area (Å²) in [4.78, 5) is 0. The van der Waals surface area contributed by atoms with Crippen molar-refractivity contribution >= 4 is 10.0 Å². The molecule has 0 aromatic rings. The molecule has 0 radical (unpaired) electrons. The third-order valence-electron chi connectivity index (χ3n) is 2.28. The Morgan fingerprint density at radius 2 is 1.79 bits per heavy atom. The molecular weight excluding hydrogens is 202 g/mol. The zero-order chi connectivity index (χ0) is 11.4. The summed E-state index contributed by atoms with van der Waals surface area (Å²) in [6, 6.07) is -0.341. The number of rotatable bonds is 6. The Morgan fingerprint density at radius 1 is 1.29 bits per heavy atom. The predicted octanol–water partition coefficient (Wildman–Crippen LogP) is 0.675. The number of hydrogen-bond acceptors (Lipinski definition) is 3. The van der Waals surface area contributed by atoms with E-state index in [0.29, 0.717) is 12.3 Å². The Kier molecular flexibility index (Phi) is 5.63. The van der Waals surface area contributed by atoms with Crippen molar-refractivity contribution in [1.29, 1.82) is 0 Å². The molecule has 86 valence electrons. The lowest BCUT2D eigenvalue weighted by molar-refractivity contribution is 0.213. The summed E-state index contributed by atoms with van der Waals surface area (Å²) in [5.74, 6) is 0.536. The fraction of sp³-hybridized carbons (Fsp3) is 1.00. The van der Waals surface area contributed by atoms with Gasteiger partial charge in [-0.15, -0.1) is 0 Å². The zero-order valence-electron chi connectivity index (χ0n) is 9.40. The van der Waals surface area contributed by atoms with Crippen LogP contribution in [0.3, 0.4) is 0 Å². The van der Waals surface area contributed by atoms with Crippen molar-refractivity contribution in [2.75, 3.05) is 19.4 Å². The highest BCUT2D eigenvalue weighted by atomic mass is 32.2. The highest BCUT2D eigenvalue weighted by molar-refractivity contribution is 7.89. The van der Waals surface area contributed by atoms with E-state index in [2.05, 4.69) is 0 Å². The predicted molar refractivity (Wildman–Crippen MR) is 57.6 cm³/mol. The van der Waals surface area contributed by atoms with Crippen LogP contribution >= 0.6 is 0 Å². The van der Waals surface area contributed by atoms with Crippen LogP contribution in [0.2, 0.25) is 0 Å². The molecule has 0 fully saturated rings. The monoisotopic (exact) mass is 223 g/mol. The van der Waals surface area contributed by atoms with Gasteiger partial charge in [-0.05, 0) is 19.3 Å². The number of aliphatic hydroxyl groups excluding tert-OH is 1. The third-order valence-corrected chi connectivity index (χ3v) is 4.27. The molecule has 0 aliphatic carbocycles. The Hall–Kier alpha value is -0.130. The van der Waals surface area contributed by atoms with Gasteiger partial charge in [0, 0.05) is 13.1 Å². The van der Waals surface area contributed by atoms with Gasteiger partial charge in [-0.1, -0.05) is 13.8 Å². The first kappa shape index (κ1) is 13.9. The van der Waals surface area contributed by atoms with E-state index in [9.17, 15) is 8.42 Å². The van der Waals surface area contributed by atoms with Crippen LogP contribution < -0.4 is 0 Å². The van der Waals surface area contributed by atoms with Crippen LogP contribution in [-0.2, 0) is 10.0 Å². The van der Waals surface area contributed by atoms with Crippen molar-refractivity contribution < 1.29 is 13.5 Å². The smallest absolute Gasteiger partial charge is 0.214 e. The maximum absolute atomic E-state index is 11.7. The molecule has 14 heavy (non-hydrogen) atoms. The van der Waals surface area contributed by atoms with Crippen LogP contribution in [0.15, 0.2) is 0 Å². The van der Waals surface area contributed by atoms with Crippen LogP contribution in [0, 0.1) is 5.92 Å². The Balaban J connectivity index is 4.32. The molecule has 0 amide bonds. The topological polar surface area (TPSA) is 57.6 Å². The molecule has 0 aromatic heterocycles. The second-order valence-corrected chi connectivity index (χ2v) is 6.19. The van der Waals surface area contributed by atoms with E-state index in [4.69, 9.17) is 5.11 Å². The Bertz CT molecular complexity index is 249. The van der Waals surface area contributed by atoms with E-state index in [-0.39, 0.29) is 18.4 Å². The van der Waals surface area contributed by atoms with E-state index in [1.807, 2.05) is 13.8 Å². The molecule has 0 aliphatic rings. The first-order chi connectivity index (χ1) is 6.31. The minimum absolute atomic E-state index is 0.141. The van der Waals surface area contributed by atoms with Crippen molar-refractivity contribution in [1.82, 2.24) is 4.31 Å². The zero-order valence-corrected chi connectivity index (χ0v) is 10.2. The molecule has 0 saturated heterocycles. The summed E-state index contributed by atoms with van der Waals surface area (Å²) in [6.07, 6.45) is 0.658. The van der Waals surface area contributed by atoms with E-state index in [0.717, 1.165) is 0 Å². The summed E-state index contributed by atoms with van der Waals surface area (Å²) < 4.78 is 24.5. The highest BCUT2D eigenvalue weighted by Gasteiger charge is 2.22. The molecule has 0 saturated carbocycles. The molecule has 0 heterocycles. The Labute approximate surface area is 87.0 Å². The number of nitrogens with zero attached hydrogens (tertiary/aromatic N) is 1. The van der Waals surface area contributed by atoms with Crippen LogP contribution in [0.25, 0.3) is 0 Å². The summed E-state index contributed by atoms with van der Waals surface area (Å²) >= 11 is 0. The van der Waals surface area contributed by atoms with Crippen molar-refractivity contribution in [3.05, 3.63) is 0 Å². The summed E-state index contributed by atoms with van der Waals surface area (Å²) in [5, 5.41) is 8.84. The number of aliphatic hydroxyl groups is 1. The van der Waals surface area contributed by atoms with Gasteiger partial charge < -0.3 is 5.11 Å². The molecule has 0 aromatic carbocycles. The first-order valence-electron chi connectivity index (χ1n) is 4.87. The van der Waals surface area contributed by atoms with Gasteiger partial charge in [0.1, 0.15) is 0 Å². The largest absolute Gasteiger partial charge is 0.395 e. The molecule has 1 atom stereocenters. The van der Waals surface area contributed by atoms with Crippen LogP contribution in [-0.4, -0.2) is 43.3 Å². The SMILES string of the molecule is CC(C)CCS(=O)(=O)N(C)C(C)CO. The fourth-order valence-corrected chi connectivity index (χ4v) is 2.59. The van der Waals surface area contributed by atoms with Crippen LogP contribution in [0.1, 0.15) is 27.2 Å². The molecule has 1 N–H and O–H groups in total. The molecule has 0 spiro atoms. The van der Waals surface area contributed by atoms with Crippen molar-refractivity contribution in [2.24, 2.45) is 5.92 Å². The second-order valence-electron chi connectivity index (χ2n) is 4.05. The fourth-order valence-electron chi connectivity index (χ4n) is 0.918. The summed E-state index contributed by atoms with van der Waals surface area (Å²) in [5.41, 5.74) is 0. The van der Waals surface area contributed by atoms with Gasteiger partial charge in [-0.2, -0.15) is 4.31 Å². The standard InChI is InChI=1S/C9H21NO3S/c1-8(2)5-6-14(12,13)10(4)9(3)7-11/h8-9,11H,5-7H2,1-4H3. The average Bonchev–Trinajstić information content (AvgIpc) is 2.12. The normalized spacial score (nSPS) is 15.1. The molecule has 4 nitrogen and oxygen atoms in total. The maximum Gasteiger partial charge on any atom is 0.214 e. The van der Waals surface area contributed by atoms with Gasteiger partial charge in [0.05, 0.1) is 12.4 Å². The first-order valence-corrected chi connectivity index (χ1v) is 6.48. The van der Waals surface area contributed by atoms with Crippen LogP contribution in [0.5, 0.6) is 0 Å². The van der Waals surface area contributed by atoms with Gasteiger partial charge in [0.15, 0.2) is 0 Å². The minimum atomic E-state index is -3.19. The van der Waals surface area contributed by atoms with Gasteiger partial charge in [0.2, 0.25) is 10.0 Å². The van der Waals surface area contributed by atoms with Crippen molar-refractivity contribution in [3.8, 4) is 0 Å². The molecule has 0 rings (SSSR count). The van der Waals surface area contributed by atoms with Gasteiger partial charge in [-0.3, -0.25) is 0 Å². The highest BCUT2D eigenvalue weighted by Crippen LogP contribution is 2.09. The number of likely N-dealkylation sites (N-methyl/N-ethyl adjacent to an activating group) is 1. The van der Waals surface area contributed by atoms with Gasteiger partial charge in [-0.25, -0.2) is 8.42 Å². The third kappa shape index (κ3) is 4.39. The molecule has 5 heteroatoms. The van der Waals surface area contributed by atoms with Crippen molar-refractivity contribution in [3.63, 3.8) is 0 Å². The molecule has 0 aliphatic heterocycles. The lowest BCUT2D eigenvalue weighted by atomic mass is 10.2. The van der Waals surface area contributed by atoms with E-state index in [1.165, 1.54) is 11.4 Å². The lowest BCUT2D eigenvalue weighted by Gasteiger charge is -2.22. The quantitative estimate of drug-likeness (QED) is 0.720. The lowest BCUT2D eigenvalue weighted by Crippen LogP contribution is -2.38. The van der Waals surface area contributed by atoms with Crippen LogP contribution in [0.4, 0.5) is 0 Å². The molecular formula is C9H21NO3S. The van der Waals surface area contributed by atoms with Gasteiger partial charge in [0.25, 0.3) is 0 Å². The maximum atomic E-state index is 11.7. The average molecular weight is 223 g/mol. The Morgan fingerprint density at radius 3 is 2.14 bits per heavy atom. The summed E-state index contributed by atoms with van der Waals surface area (Å²) in [7, 11) is -1.68.